The monoisotopic (exact) mass is 377 g/mol. The summed E-state index contributed by atoms with van der Waals surface area (Å²) in [5.74, 6) is 2.32. The van der Waals surface area contributed by atoms with E-state index in [1.807, 2.05) is 46.0 Å². The van der Waals surface area contributed by atoms with Crippen LogP contribution in [0.25, 0.3) is 5.82 Å². The van der Waals surface area contributed by atoms with Crippen molar-refractivity contribution in [2.45, 2.75) is 32.2 Å². The molecule has 2 aromatic heterocycles. The van der Waals surface area contributed by atoms with E-state index in [1.54, 1.807) is 18.6 Å². The summed E-state index contributed by atoms with van der Waals surface area (Å²) in [7, 11) is 0. The van der Waals surface area contributed by atoms with E-state index < -0.39 is 0 Å². The molecule has 1 amide bonds. The molecular weight excluding hydrogens is 354 g/mol. The standard InChI is InChI=1S/C21H23N5O2/c1-2-19-23-10-12-26(19)20-14-22-13-17(24-20)18-9-6-11-25(18)21(27)15-28-16-7-4-3-5-8-16/h3-5,7-8,10,12-14,18H,2,6,9,11,15H2,1H3. The molecule has 1 aliphatic rings. The molecule has 1 aromatic carbocycles. The van der Waals surface area contributed by atoms with E-state index >= 15 is 0 Å². The Kier molecular flexibility index (Phi) is 5.32. The number of aryl methyl sites for hydroxylation is 1. The Bertz CT molecular complexity index is 941. The summed E-state index contributed by atoms with van der Waals surface area (Å²) < 4.78 is 7.58. The van der Waals surface area contributed by atoms with Crippen LogP contribution < -0.4 is 4.74 Å². The van der Waals surface area contributed by atoms with Crippen molar-refractivity contribution in [3.8, 4) is 11.6 Å². The van der Waals surface area contributed by atoms with E-state index in [1.165, 1.54) is 0 Å². The third-order valence-electron chi connectivity index (χ3n) is 4.94. The first kappa shape index (κ1) is 18.2. The fourth-order valence-corrected chi connectivity index (χ4v) is 3.57. The predicted octanol–water partition coefficient (Wildman–Crippen LogP) is 2.97. The van der Waals surface area contributed by atoms with Crippen LogP contribution in [0.1, 0.15) is 37.3 Å². The lowest BCUT2D eigenvalue weighted by atomic mass is 10.1. The molecule has 0 aliphatic carbocycles. The van der Waals surface area contributed by atoms with Crippen LogP contribution in [0.4, 0.5) is 0 Å². The number of ether oxygens (including phenoxy) is 1. The van der Waals surface area contributed by atoms with Gasteiger partial charge in [-0.3, -0.25) is 14.3 Å². The van der Waals surface area contributed by atoms with Gasteiger partial charge in [0.05, 0.1) is 24.1 Å². The lowest BCUT2D eigenvalue weighted by Gasteiger charge is -2.24. The number of benzene rings is 1. The fourth-order valence-electron chi connectivity index (χ4n) is 3.57. The van der Waals surface area contributed by atoms with Crippen molar-refractivity contribution in [2.24, 2.45) is 0 Å². The van der Waals surface area contributed by atoms with Crippen molar-refractivity contribution >= 4 is 5.91 Å². The van der Waals surface area contributed by atoms with Crippen LogP contribution in [-0.2, 0) is 11.2 Å². The van der Waals surface area contributed by atoms with Gasteiger partial charge < -0.3 is 9.64 Å². The lowest BCUT2D eigenvalue weighted by Crippen LogP contribution is -2.35. The van der Waals surface area contributed by atoms with Gasteiger partial charge in [0, 0.05) is 25.4 Å². The number of hydrogen-bond donors (Lipinski definition) is 0. The summed E-state index contributed by atoms with van der Waals surface area (Å²) in [5, 5.41) is 0. The Balaban J connectivity index is 1.50. The first-order valence-electron chi connectivity index (χ1n) is 9.58. The number of likely N-dealkylation sites (tertiary alicyclic amines) is 1. The predicted molar refractivity (Wildman–Crippen MR) is 104 cm³/mol. The van der Waals surface area contributed by atoms with Crippen molar-refractivity contribution < 1.29 is 9.53 Å². The zero-order valence-corrected chi connectivity index (χ0v) is 15.9. The van der Waals surface area contributed by atoms with E-state index in [0.29, 0.717) is 12.3 Å². The van der Waals surface area contributed by atoms with Crippen LogP contribution in [-0.4, -0.2) is 43.5 Å². The van der Waals surface area contributed by atoms with Crippen LogP contribution in [0.5, 0.6) is 5.75 Å². The maximum Gasteiger partial charge on any atom is 0.261 e. The van der Waals surface area contributed by atoms with E-state index in [-0.39, 0.29) is 18.6 Å². The second-order valence-electron chi connectivity index (χ2n) is 6.72. The van der Waals surface area contributed by atoms with E-state index in [4.69, 9.17) is 9.72 Å². The number of imidazole rings is 1. The first-order valence-corrected chi connectivity index (χ1v) is 9.58. The maximum absolute atomic E-state index is 12.8. The fraction of sp³-hybridized carbons (Fsp3) is 0.333. The van der Waals surface area contributed by atoms with Crippen LogP contribution in [0, 0.1) is 0 Å². The molecule has 7 nitrogen and oxygen atoms in total. The minimum absolute atomic E-state index is 0.0230. The zero-order valence-electron chi connectivity index (χ0n) is 15.9. The van der Waals surface area contributed by atoms with Crippen LogP contribution >= 0.6 is 0 Å². The Labute approximate surface area is 164 Å². The lowest BCUT2D eigenvalue weighted by molar-refractivity contribution is -0.134. The summed E-state index contributed by atoms with van der Waals surface area (Å²) in [4.78, 5) is 28.1. The molecule has 1 fully saturated rings. The highest BCUT2D eigenvalue weighted by atomic mass is 16.5. The quantitative estimate of drug-likeness (QED) is 0.660. The molecule has 1 saturated heterocycles. The molecule has 0 radical (unpaired) electrons. The van der Waals surface area contributed by atoms with Gasteiger partial charge in [-0.15, -0.1) is 0 Å². The average Bonchev–Trinajstić information content (AvgIpc) is 3.42. The smallest absolute Gasteiger partial charge is 0.261 e. The van der Waals surface area contributed by atoms with Crippen molar-refractivity contribution in [1.82, 2.24) is 24.4 Å². The molecule has 1 atom stereocenters. The van der Waals surface area contributed by atoms with Crippen molar-refractivity contribution in [3.63, 3.8) is 0 Å². The van der Waals surface area contributed by atoms with Gasteiger partial charge in [0.1, 0.15) is 11.6 Å². The van der Waals surface area contributed by atoms with Crippen LogP contribution in [0.15, 0.2) is 55.1 Å². The third kappa shape index (κ3) is 3.74. The molecule has 4 rings (SSSR count). The summed E-state index contributed by atoms with van der Waals surface area (Å²) in [6.07, 6.45) is 9.75. The number of hydrogen-bond acceptors (Lipinski definition) is 5. The highest BCUT2D eigenvalue weighted by Gasteiger charge is 2.31. The van der Waals surface area contributed by atoms with Crippen molar-refractivity contribution in [2.75, 3.05) is 13.2 Å². The number of para-hydroxylation sites is 1. The van der Waals surface area contributed by atoms with Gasteiger partial charge in [0.15, 0.2) is 12.4 Å². The number of rotatable bonds is 6. The summed E-state index contributed by atoms with van der Waals surface area (Å²) in [6.45, 7) is 2.79. The van der Waals surface area contributed by atoms with Gasteiger partial charge in [-0.1, -0.05) is 25.1 Å². The second kappa shape index (κ2) is 8.21. The molecule has 3 heterocycles. The molecule has 1 aliphatic heterocycles. The minimum Gasteiger partial charge on any atom is -0.484 e. The number of carbonyl (C=O) groups excluding carboxylic acids is 1. The van der Waals surface area contributed by atoms with Crippen LogP contribution in [0.2, 0.25) is 0 Å². The summed E-state index contributed by atoms with van der Waals surface area (Å²) in [5.41, 5.74) is 0.804. The van der Waals surface area contributed by atoms with E-state index in [9.17, 15) is 4.79 Å². The molecular formula is C21H23N5O2. The molecule has 0 saturated carbocycles. The zero-order chi connectivity index (χ0) is 19.3. The Morgan fingerprint density at radius 2 is 2.11 bits per heavy atom. The number of carbonyl (C=O) groups is 1. The summed E-state index contributed by atoms with van der Waals surface area (Å²) >= 11 is 0. The van der Waals surface area contributed by atoms with Crippen LogP contribution in [0.3, 0.4) is 0 Å². The highest BCUT2D eigenvalue weighted by Crippen LogP contribution is 2.31. The molecule has 28 heavy (non-hydrogen) atoms. The van der Waals surface area contributed by atoms with E-state index in [2.05, 4.69) is 16.9 Å². The molecule has 1 unspecified atom stereocenters. The minimum atomic E-state index is -0.0760. The molecule has 144 valence electrons. The van der Waals surface area contributed by atoms with Gasteiger partial charge in [0.25, 0.3) is 5.91 Å². The van der Waals surface area contributed by atoms with Gasteiger partial charge >= 0.3 is 0 Å². The number of nitrogens with zero attached hydrogens (tertiary/aromatic N) is 5. The van der Waals surface area contributed by atoms with Gasteiger partial charge in [-0.2, -0.15) is 0 Å². The molecule has 7 heteroatoms. The topological polar surface area (TPSA) is 73.1 Å². The summed E-state index contributed by atoms with van der Waals surface area (Å²) in [6, 6.07) is 9.31. The molecule has 0 bridgehead atoms. The molecule has 0 N–H and O–H groups in total. The van der Waals surface area contributed by atoms with Crippen molar-refractivity contribution in [1.29, 1.82) is 0 Å². The average molecular weight is 377 g/mol. The largest absolute Gasteiger partial charge is 0.484 e. The Hall–Kier alpha value is -3.22. The van der Waals surface area contributed by atoms with Gasteiger partial charge in [-0.05, 0) is 25.0 Å². The van der Waals surface area contributed by atoms with Crippen molar-refractivity contribution in [3.05, 3.63) is 66.6 Å². The third-order valence-corrected chi connectivity index (χ3v) is 4.94. The Morgan fingerprint density at radius 3 is 2.93 bits per heavy atom. The molecule has 0 spiro atoms. The van der Waals surface area contributed by atoms with Gasteiger partial charge in [-0.25, -0.2) is 9.97 Å². The first-order chi connectivity index (χ1) is 13.8. The number of aromatic nitrogens is 4. The highest BCUT2D eigenvalue weighted by molar-refractivity contribution is 5.78. The maximum atomic E-state index is 12.8. The van der Waals surface area contributed by atoms with E-state index in [0.717, 1.165) is 36.6 Å². The Morgan fingerprint density at radius 1 is 1.25 bits per heavy atom. The molecule has 3 aromatic rings. The van der Waals surface area contributed by atoms with Gasteiger partial charge in [0.2, 0.25) is 0 Å². The second-order valence-corrected chi connectivity index (χ2v) is 6.72. The number of amides is 1. The SMILES string of the molecule is CCc1nccn1-c1cncc(C2CCCN2C(=O)COc2ccccc2)n1. The normalized spacial score (nSPS) is 16.3.